The fourth-order valence-corrected chi connectivity index (χ4v) is 4.52. The van der Waals surface area contributed by atoms with E-state index in [2.05, 4.69) is 20.9 Å². The highest BCUT2D eigenvalue weighted by atomic mass is 79.9. The SMILES string of the molecule is CCOc1ccc(C(O)=C2C(=O)C(=O)N(CCCn3ccnc3)C2c2ccc(Br)cc2)cc1Cl. The van der Waals surface area contributed by atoms with Crippen LogP contribution in [0.3, 0.4) is 0 Å². The summed E-state index contributed by atoms with van der Waals surface area (Å²) in [6, 6.07) is 11.4. The highest BCUT2D eigenvalue weighted by molar-refractivity contribution is 9.10. The molecular formula is C25H23BrClN3O4. The number of Topliss-reactive ketones (excluding diaryl/α,β-unsaturated/α-hetero) is 1. The lowest BCUT2D eigenvalue weighted by atomic mass is 9.95. The summed E-state index contributed by atoms with van der Waals surface area (Å²) in [6.45, 7) is 3.27. The molecule has 0 bridgehead atoms. The summed E-state index contributed by atoms with van der Waals surface area (Å²) in [7, 11) is 0. The summed E-state index contributed by atoms with van der Waals surface area (Å²) >= 11 is 9.73. The van der Waals surface area contributed by atoms with Gasteiger partial charge in [-0.15, -0.1) is 0 Å². The molecule has 3 aromatic rings. The number of carbonyl (C=O) groups is 2. The molecule has 1 atom stereocenters. The van der Waals surface area contributed by atoms with Crippen LogP contribution in [0.2, 0.25) is 5.02 Å². The maximum absolute atomic E-state index is 13.1. The summed E-state index contributed by atoms with van der Waals surface area (Å²) in [5, 5.41) is 11.5. The van der Waals surface area contributed by atoms with Crippen LogP contribution in [-0.2, 0) is 16.1 Å². The Morgan fingerprint density at radius 1 is 1.18 bits per heavy atom. The molecule has 2 heterocycles. The quantitative estimate of drug-likeness (QED) is 0.239. The maximum Gasteiger partial charge on any atom is 0.295 e. The molecule has 1 aliphatic heterocycles. The van der Waals surface area contributed by atoms with E-state index in [0.29, 0.717) is 42.5 Å². The van der Waals surface area contributed by atoms with Crippen molar-refractivity contribution in [3.63, 3.8) is 0 Å². The third kappa shape index (κ3) is 4.88. The molecule has 1 fully saturated rings. The number of aromatic nitrogens is 2. The smallest absolute Gasteiger partial charge is 0.295 e. The maximum atomic E-state index is 13.1. The molecule has 1 aliphatic rings. The van der Waals surface area contributed by atoms with Gasteiger partial charge in [-0.3, -0.25) is 9.59 Å². The number of benzene rings is 2. The molecular weight excluding hydrogens is 522 g/mol. The molecule has 1 unspecified atom stereocenters. The molecule has 2 aromatic carbocycles. The second-order valence-corrected chi connectivity index (χ2v) is 9.10. The Labute approximate surface area is 210 Å². The van der Waals surface area contributed by atoms with Gasteiger partial charge in [0.05, 0.1) is 29.6 Å². The second-order valence-electron chi connectivity index (χ2n) is 7.78. The van der Waals surface area contributed by atoms with Crippen LogP contribution in [0.15, 0.2) is 71.2 Å². The van der Waals surface area contributed by atoms with Gasteiger partial charge >= 0.3 is 0 Å². The van der Waals surface area contributed by atoms with E-state index in [-0.39, 0.29) is 11.3 Å². The number of aliphatic hydroxyl groups excluding tert-OH is 1. The van der Waals surface area contributed by atoms with Gasteiger partial charge in [0, 0.05) is 35.5 Å². The van der Waals surface area contributed by atoms with Crippen LogP contribution in [0.25, 0.3) is 5.76 Å². The van der Waals surface area contributed by atoms with Crippen molar-refractivity contribution in [2.75, 3.05) is 13.2 Å². The second kappa shape index (κ2) is 10.4. The van der Waals surface area contributed by atoms with Crippen molar-refractivity contribution < 1.29 is 19.4 Å². The molecule has 0 radical (unpaired) electrons. The van der Waals surface area contributed by atoms with Crippen LogP contribution in [-0.4, -0.2) is 44.4 Å². The zero-order valence-electron chi connectivity index (χ0n) is 18.4. The predicted octanol–water partition coefficient (Wildman–Crippen LogP) is 5.21. The molecule has 34 heavy (non-hydrogen) atoms. The third-order valence-corrected chi connectivity index (χ3v) is 6.43. The van der Waals surface area contributed by atoms with Crippen LogP contribution in [0.5, 0.6) is 5.75 Å². The minimum atomic E-state index is -0.724. The number of hydrogen-bond acceptors (Lipinski definition) is 5. The van der Waals surface area contributed by atoms with E-state index >= 15 is 0 Å². The first kappa shape index (κ1) is 24.0. The molecule has 0 spiro atoms. The number of nitrogens with zero attached hydrogens (tertiary/aromatic N) is 3. The number of ketones is 1. The standard InChI is InChI=1S/C25H23BrClN3O4/c1-2-34-20-9-6-17(14-19(20)27)23(31)21-22(16-4-7-18(26)8-5-16)30(25(33)24(21)32)12-3-11-29-13-10-28-15-29/h4-10,13-15,22,31H,2-3,11-12H2,1H3. The van der Waals surface area contributed by atoms with Gasteiger partial charge in [-0.2, -0.15) is 0 Å². The molecule has 1 aromatic heterocycles. The minimum absolute atomic E-state index is 0.0372. The van der Waals surface area contributed by atoms with E-state index in [1.54, 1.807) is 24.7 Å². The molecule has 1 N–H and O–H groups in total. The van der Waals surface area contributed by atoms with Crippen LogP contribution in [0.1, 0.15) is 30.5 Å². The van der Waals surface area contributed by atoms with Crippen molar-refractivity contribution in [2.45, 2.75) is 25.9 Å². The number of ether oxygens (including phenoxy) is 1. The highest BCUT2D eigenvalue weighted by Gasteiger charge is 2.45. The minimum Gasteiger partial charge on any atom is -0.507 e. The van der Waals surface area contributed by atoms with Crippen LogP contribution >= 0.6 is 27.5 Å². The van der Waals surface area contributed by atoms with Gasteiger partial charge in [0.25, 0.3) is 11.7 Å². The van der Waals surface area contributed by atoms with Crippen molar-refractivity contribution in [3.05, 3.63) is 87.4 Å². The lowest BCUT2D eigenvalue weighted by molar-refractivity contribution is -0.139. The Morgan fingerprint density at radius 2 is 1.94 bits per heavy atom. The molecule has 9 heteroatoms. The van der Waals surface area contributed by atoms with Crippen molar-refractivity contribution in [1.29, 1.82) is 0 Å². The molecule has 0 aliphatic carbocycles. The Balaban J connectivity index is 1.73. The van der Waals surface area contributed by atoms with Gasteiger partial charge < -0.3 is 19.3 Å². The Morgan fingerprint density at radius 3 is 2.59 bits per heavy atom. The largest absolute Gasteiger partial charge is 0.507 e. The number of hydrogen-bond donors (Lipinski definition) is 1. The molecule has 4 rings (SSSR count). The first-order chi connectivity index (χ1) is 16.4. The normalized spacial score (nSPS) is 17.4. The highest BCUT2D eigenvalue weighted by Crippen LogP contribution is 2.40. The number of aryl methyl sites for hydroxylation is 1. The fraction of sp³-hybridized carbons (Fsp3) is 0.240. The van der Waals surface area contributed by atoms with E-state index in [0.717, 1.165) is 10.0 Å². The van der Waals surface area contributed by atoms with Crippen LogP contribution < -0.4 is 4.74 Å². The van der Waals surface area contributed by atoms with Crippen molar-refractivity contribution in [2.24, 2.45) is 0 Å². The van der Waals surface area contributed by atoms with Crippen molar-refractivity contribution in [1.82, 2.24) is 14.5 Å². The van der Waals surface area contributed by atoms with E-state index < -0.39 is 17.7 Å². The monoisotopic (exact) mass is 543 g/mol. The summed E-state index contributed by atoms with van der Waals surface area (Å²) in [6.07, 6.45) is 5.85. The van der Waals surface area contributed by atoms with Gasteiger partial charge in [0.15, 0.2) is 0 Å². The fourth-order valence-electron chi connectivity index (χ4n) is 4.02. The number of halogens is 2. The van der Waals surface area contributed by atoms with Crippen molar-refractivity contribution in [3.8, 4) is 5.75 Å². The lowest BCUT2D eigenvalue weighted by Crippen LogP contribution is -2.31. The van der Waals surface area contributed by atoms with E-state index in [9.17, 15) is 14.7 Å². The Hall–Kier alpha value is -3.10. The van der Waals surface area contributed by atoms with Crippen molar-refractivity contribution >= 4 is 45.0 Å². The Bertz CT molecular complexity index is 1230. The summed E-state index contributed by atoms with van der Waals surface area (Å²) in [5.74, 6) is -1.16. The van der Waals surface area contributed by atoms with E-state index in [4.69, 9.17) is 16.3 Å². The third-order valence-electron chi connectivity index (χ3n) is 5.61. The predicted molar refractivity (Wildman–Crippen MR) is 133 cm³/mol. The topological polar surface area (TPSA) is 84.7 Å². The van der Waals surface area contributed by atoms with E-state index in [1.165, 1.54) is 11.0 Å². The van der Waals surface area contributed by atoms with Gasteiger partial charge in [0.1, 0.15) is 11.5 Å². The number of amides is 1. The average molecular weight is 545 g/mol. The number of rotatable bonds is 8. The van der Waals surface area contributed by atoms with Crippen LogP contribution in [0, 0.1) is 0 Å². The van der Waals surface area contributed by atoms with Gasteiger partial charge in [-0.1, -0.05) is 39.7 Å². The molecule has 7 nitrogen and oxygen atoms in total. The Kier molecular flexibility index (Phi) is 7.38. The van der Waals surface area contributed by atoms with Gasteiger partial charge in [0.2, 0.25) is 0 Å². The first-order valence-corrected chi connectivity index (χ1v) is 12.0. The summed E-state index contributed by atoms with van der Waals surface area (Å²) in [4.78, 5) is 31.7. The molecule has 176 valence electrons. The zero-order chi connectivity index (χ0) is 24.2. The first-order valence-electron chi connectivity index (χ1n) is 10.8. The number of aliphatic hydroxyl groups is 1. The van der Waals surface area contributed by atoms with Gasteiger partial charge in [-0.05, 0) is 49.2 Å². The molecule has 0 saturated carbocycles. The lowest BCUT2D eigenvalue weighted by Gasteiger charge is -2.25. The van der Waals surface area contributed by atoms with Crippen LogP contribution in [0.4, 0.5) is 0 Å². The number of likely N-dealkylation sites (tertiary alicyclic amines) is 1. The number of carbonyl (C=O) groups excluding carboxylic acids is 2. The van der Waals surface area contributed by atoms with Gasteiger partial charge in [-0.25, -0.2) is 4.98 Å². The molecule has 1 saturated heterocycles. The zero-order valence-corrected chi connectivity index (χ0v) is 20.8. The summed E-state index contributed by atoms with van der Waals surface area (Å²) in [5.41, 5.74) is 1.10. The summed E-state index contributed by atoms with van der Waals surface area (Å²) < 4.78 is 8.24. The number of imidazole rings is 1. The van der Waals surface area contributed by atoms with E-state index in [1.807, 2.05) is 42.0 Å². The average Bonchev–Trinajstić information content (AvgIpc) is 3.43. The molecule has 1 amide bonds.